The van der Waals surface area contributed by atoms with E-state index in [1.54, 1.807) is 54.4 Å². The highest BCUT2D eigenvalue weighted by atomic mass is 32.2. The van der Waals surface area contributed by atoms with E-state index in [0.29, 0.717) is 0 Å². The Labute approximate surface area is 122 Å². The molecule has 0 saturated heterocycles. The summed E-state index contributed by atoms with van der Waals surface area (Å²) in [5, 5.41) is 0. The van der Waals surface area contributed by atoms with Gasteiger partial charge in [0.15, 0.2) is 0 Å². The van der Waals surface area contributed by atoms with E-state index in [9.17, 15) is 0 Å². The standard InChI is InChI=1S/C10H26O6SSi2/c1-11-18(12-2,13-3)9-7-17-8-10-19(14-4,15-5)16-6/h7-10H2,1-6H3. The third-order valence-corrected chi connectivity index (χ3v) is 10.1. The second-order valence-corrected chi connectivity index (χ2v) is 11.1. The molecular weight excluding hydrogens is 304 g/mol. The first kappa shape index (κ1) is 19.5. The molecule has 0 fully saturated rings. The van der Waals surface area contributed by atoms with Crippen molar-refractivity contribution in [1.82, 2.24) is 0 Å². The van der Waals surface area contributed by atoms with Gasteiger partial charge in [-0.05, 0) is 11.5 Å². The molecule has 6 nitrogen and oxygen atoms in total. The molecule has 0 rings (SSSR count). The van der Waals surface area contributed by atoms with E-state index in [4.69, 9.17) is 26.6 Å². The normalized spacial score (nSPS) is 12.9. The Morgan fingerprint density at radius 2 is 0.842 bits per heavy atom. The van der Waals surface area contributed by atoms with Crippen LogP contribution < -0.4 is 0 Å². The van der Waals surface area contributed by atoms with Gasteiger partial charge in [0.2, 0.25) is 0 Å². The van der Waals surface area contributed by atoms with Gasteiger partial charge < -0.3 is 26.6 Å². The summed E-state index contributed by atoms with van der Waals surface area (Å²) in [6, 6.07) is 1.56. The van der Waals surface area contributed by atoms with Gasteiger partial charge in [0.1, 0.15) is 0 Å². The lowest BCUT2D eigenvalue weighted by Gasteiger charge is -2.25. The lowest BCUT2D eigenvalue weighted by molar-refractivity contribution is 0.125. The molecule has 0 aliphatic rings. The lowest BCUT2D eigenvalue weighted by atomic mass is 10.9. The van der Waals surface area contributed by atoms with Crippen molar-refractivity contribution in [3.63, 3.8) is 0 Å². The first-order valence-electron chi connectivity index (χ1n) is 5.96. The maximum absolute atomic E-state index is 5.36. The lowest BCUT2D eigenvalue weighted by Crippen LogP contribution is -2.44. The third-order valence-electron chi connectivity index (χ3n) is 2.97. The van der Waals surface area contributed by atoms with Crippen molar-refractivity contribution in [1.29, 1.82) is 0 Å². The van der Waals surface area contributed by atoms with Crippen molar-refractivity contribution in [3.8, 4) is 0 Å². The van der Waals surface area contributed by atoms with Crippen LogP contribution in [-0.4, -0.2) is 71.8 Å². The predicted octanol–water partition coefficient (Wildman–Crippen LogP) is 1.48. The molecule has 0 saturated carbocycles. The van der Waals surface area contributed by atoms with Gasteiger partial charge in [-0.25, -0.2) is 0 Å². The van der Waals surface area contributed by atoms with Crippen LogP contribution in [-0.2, 0) is 26.6 Å². The topological polar surface area (TPSA) is 55.4 Å². The maximum atomic E-state index is 5.36. The van der Waals surface area contributed by atoms with Crippen molar-refractivity contribution in [3.05, 3.63) is 0 Å². The molecule has 0 spiro atoms. The fourth-order valence-corrected chi connectivity index (χ4v) is 7.19. The van der Waals surface area contributed by atoms with E-state index in [1.165, 1.54) is 0 Å². The van der Waals surface area contributed by atoms with Crippen molar-refractivity contribution in [2.45, 2.75) is 12.1 Å². The quantitative estimate of drug-likeness (QED) is 0.397. The van der Waals surface area contributed by atoms with E-state index in [1.807, 2.05) is 0 Å². The Kier molecular flexibility index (Phi) is 10.6. The highest BCUT2D eigenvalue weighted by Gasteiger charge is 2.38. The SMILES string of the molecule is CO[Si](CCSCC[Si](OC)(OC)OC)(OC)OC. The van der Waals surface area contributed by atoms with E-state index in [0.717, 1.165) is 23.6 Å². The molecule has 0 aromatic carbocycles. The van der Waals surface area contributed by atoms with Gasteiger partial charge in [-0.15, -0.1) is 0 Å². The van der Waals surface area contributed by atoms with Crippen LogP contribution in [0.3, 0.4) is 0 Å². The van der Waals surface area contributed by atoms with Gasteiger partial charge in [-0.1, -0.05) is 0 Å². The molecule has 0 heterocycles. The van der Waals surface area contributed by atoms with Crippen LogP contribution in [0.25, 0.3) is 0 Å². The monoisotopic (exact) mass is 330 g/mol. The molecule has 0 radical (unpaired) electrons. The largest absolute Gasteiger partial charge is 0.500 e. The summed E-state index contributed by atoms with van der Waals surface area (Å²) in [7, 11) is 4.88. The molecule has 9 heteroatoms. The van der Waals surface area contributed by atoms with Crippen molar-refractivity contribution in [2.75, 3.05) is 54.2 Å². The first-order chi connectivity index (χ1) is 9.07. The fraction of sp³-hybridized carbons (Fsp3) is 1.00. The smallest absolute Gasteiger partial charge is 0.377 e. The van der Waals surface area contributed by atoms with Gasteiger partial charge in [-0.2, -0.15) is 11.8 Å². The Hall–Kier alpha value is 0.544. The van der Waals surface area contributed by atoms with Crippen LogP contribution >= 0.6 is 11.8 Å². The minimum absolute atomic E-state index is 0.780. The molecule has 0 aromatic heterocycles. The van der Waals surface area contributed by atoms with E-state index in [2.05, 4.69) is 0 Å². The van der Waals surface area contributed by atoms with Gasteiger partial charge in [0.05, 0.1) is 0 Å². The minimum atomic E-state index is -2.44. The molecule has 0 unspecified atom stereocenters. The average Bonchev–Trinajstić information content (AvgIpc) is 2.48. The third kappa shape index (κ3) is 6.23. The van der Waals surface area contributed by atoms with E-state index < -0.39 is 17.6 Å². The van der Waals surface area contributed by atoms with Crippen LogP contribution in [0.2, 0.25) is 12.1 Å². The molecule has 0 amide bonds. The molecular formula is C10H26O6SSi2. The average molecular weight is 331 g/mol. The summed E-state index contributed by atoms with van der Waals surface area (Å²) in [6.45, 7) is 0. The fourth-order valence-electron chi connectivity index (χ4n) is 1.61. The van der Waals surface area contributed by atoms with Gasteiger partial charge in [0.25, 0.3) is 0 Å². The Bertz CT molecular complexity index is 188. The summed E-state index contributed by atoms with van der Waals surface area (Å²) in [6.07, 6.45) is 0. The molecule has 0 N–H and O–H groups in total. The highest BCUT2D eigenvalue weighted by molar-refractivity contribution is 7.99. The predicted molar refractivity (Wildman–Crippen MR) is 80.5 cm³/mol. The van der Waals surface area contributed by atoms with Crippen LogP contribution in [0.15, 0.2) is 0 Å². The first-order valence-corrected chi connectivity index (χ1v) is 11.0. The molecule has 0 aromatic rings. The Balaban J connectivity index is 3.98. The second-order valence-electron chi connectivity index (χ2n) is 3.70. The van der Waals surface area contributed by atoms with Gasteiger partial charge in [-0.3, -0.25) is 0 Å². The molecule has 19 heavy (non-hydrogen) atoms. The molecule has 0 aliphatic heterocycles. The zero-order valence-corrected chi connectivity index (χ0v) is 15.5. The van der Waals surface area contributed by atoms with Crippen LogP contribution in [0.5, 0.6) is 0 Å². The molecule has 0 atom stereocenters. The number of hydrogen-bond donors (Lipinski definition) is 0. The second kappa shape index (κ2) is 10.3. The minimum Gasteiger partial charge on any atom is -0.377 e. The van der Waals surface area contributed by atoms with Crippen LogP contribution in [0, 0.1) is 0 Å². The van der Waals surface area contributed by atoms with E-state index in [-0.39, 0.29) is 0 Å². The Morgan fingerprint density at radius 3 is 1.05 bits per heavy atom. The number of rotatable bonds is 12. The summed E-state index contributed by atoms with van der Waals surface area (Å²) in [4.78, 5) is 0. The van der Waals surface area contributed by atoms with Crippen molar-refractivity contribution >= 4 is 29.4 Å². The van der Waals surface area contributed by atoms with Crippen molar-refractivity contribution < 1.29 is 26.6 Å². The summed E-state index contributed by atoms with van der Waals surface area (Å²) >= 11 is 1.79. The van der Waals surface area contributed by atoms with Crippen LogP contribution in [0.1, 0.15) is 0 Å². The summed E-state index contributed by atoms with van der Waals surface area (Å²) < 4.78 is 32.2. The number of thioether (sulfide) groups is 1. The van der Waals surface area contributed by atoms with Gasteiger partial charge >= 0.3 is 17.6 Å². The maximum Gasteiger partial charge on any atom is 0.500 e. The number of hydrogen-bond acceptors (Lipinski definition) is 7. The highest BCUT2D eigenvalue weighted by Crippen LogP contribution is 2.20. The van der Waals surface area contributed by atoms with E-state index >= 15 is 0 Å². The summed E-state index contributed by atoms with van der Waals surface area (Å²) in [5.74, 6) is 1.81. The zero-order chi connectivity index (χ0) is 14.8. The van der Waals surface area contributed by atoms with Gasteiger partial charge in [0, 0.05) is 54.7 Å². The summed E-state index contributed by atoms with van der Waals surface area (Å²) in [5.41, 5.74) is 0. The zero-order valence-electron chi connectivity index (χ0n) is 12.7. The Morgan fingerprint density at radius 1 is 0.579 bits per heavy atom. The molecule has 0 bridgehead atoms. The molecule has 116 valence electrons. The van der Waals surface area contributed by atoms with Crippen molar-refractivity contribution in [2.24, 2.45) is 0 Å². The van der Waals surface area contributed by atoms with Crippen LogP contribution in [0.4, 0.5) is 0 Å². The molecule has 0 aliphatic carbocycles.